The number of rotatable bonds is 1. The van der Waals surface area contributed by atoms with Crippen LogP contribution in [-0.2, 0) is 4.79 Å². The minimum absolute atomic E-state index is 0.242. The van der Waals surface area contributed by atoms with E-state index in [4.69, 9.17) is 4.74 Å². The quantitative estimate of drug-likeness (QED) is 0.800. The summed E-state index contributed by atoms with van der Waals surface area (Å²) in [6.07, 6.45) is 6.33. The molecule has 2 aromatic heterocycles. The second-order valence-electron chi connectivity index (χ2n) is 3.62. The Bertz CT molecular complexity index is 649. The van der Waals surface area contributed by atoms with Gasteiger partial charge in [0.15, 0.2) is 0 Å². The summed E-state index contributed by atoms with van der Waals surface area (Å²) in [7, 11) is 0. The van der Waals surface area contributed by atoms with Crippen molar-refractivity contribution in [3.05, 3.63) is 36.3 Å². The summed E-state index contributed by atoms with van der Waals surface area (Å²) < 4.78 is 5.38. The summed E-state index contributed by atoms with van der Waals surface area (Å²) in [6, 6.07) is 1.74. The molecule has 0 aromatic carbocycles. The fraction of sp³-hybridized carbons (Fsp3) is 0.0833. The van der Waals surface area contributed by atoms with Gasteiger partial charge in [-0.2, -0.15) is 0 Å². The predicted molar refractivity (Wildman–Crippen MR) is 60.6 cm³/mol. The van der Waals surface area contributed by atoms with E-state index in [1.54, 1.807) is 30.7 Å². The summed E-state index contributed by atoms with van der Waals surface area (Å²) in [5.41, 5.74) is 1.50. The zero-order valence-electron chi connectivity index (χ0n) is 8.75. The van der Waals surface area contributed by atoms with E-state index in [1.165, 1.54) is 0 Å². The van der Waals surface area contributed by atoms with Crippen molar-refractivity contribution < 1.29 is 14.6 Å². The fourth-order valence-electron chi connectivity index (χ4n) is 1.92. The van der Waals surface area contributed by atoms with Crippen LogP contribution < -0.4 is 4.74 Å². The first kappa shape index (κ1) is 9.77. The van der Waals surface area contributed by atoms with Crippen molar-refractivity contribution in [2.45, 2.75) is 0 Å². The maximum absolute atomic E-state index is 11.2. The van der Waals surface area contributed by atoms with Crippen molar-refractivity contribution in [3.63, 3.8) is 0 Å². The van der Waals surface area contributed by atoms with Crippen LogP contribution in [0.5, 0.6) is 5.75 Å². The Hall–Kier alpha value is -2.43. The van der Waals surface area contributed by atoms with E-state index in [0.29, 0.717) is 22.2 Å². The highest BCUT2D eigenvalue weighted by Crippen LogP contribution is 2.34. The van der Waals surface area contributed by atoms with Crippen molar-refractivity contribution in [3.8, 4) is 5.75 Å². The highest BCUT2D eigenvalue weighted by atomic mass is 16.5. The van der Waals surface area contributed by atoms with E-state index in [0.717, 1.165) is 0 Å². The molecule has 0 fully saturated rings. The van der Waals surface area contributed by atoms with E-state index in [-0.39, 0.29) is 12.2 Å². The Morgan fingerprint density at radius 1 is 1.41 bits per heavy atom. The molecule has 3 heterocycles. The third kappa shape index (κ3) is 1.44. The molecule has 0 bridgehead atoms. The van der Waals surface area contributed by atoms with Crippen LogP contribution in [0.25, 0.3) is 16.5 Å². The fourth-order valence-corrected chi connectivity index (χ4v) is 1.92. The molecule has 0 saturated carbocycles. The molecule has 1 N–H and O–H groups in total. The van der Waals surface area contributed by atoms with Crippen LogP contribution in [0.1, 0.15) is 5.56 Å². The molecule has 3 rings (SSSR count). The number of aliphatic carboxylic acids is 1. The maximum Gasteiger partial charge on any atom is 0.336 e. The molecule has 0 aliphatic carbocycles. The zero-order chi connectivity index (χ0) is 11.8. The second kappa shape index (κ2) is 3.55. The lowest BCUT2D eigenvalue weighted by molar-refractivity contribution is -0.130. The van der Waals surface area contributed by atoms with Gasteiger partial charge in [0.2, 0.25) is 0 Å². The topological polar surface area (TPSA) is 72.3 Å². The number of hydrogen-bond donors (Lipinski definition) is 1. The van der Waals surface area contributed by atoms with Gasteiger partial charge < -0.3 is 9.84 Å². The minimum Gasteiger partial charge on any atom is -0.487 e. The minimum atomic E-state index is -0.967. The molecule has 1 aliphatic heterocycles. The van der Waals surface area contributed by atoms with Crippen LogP contribution >= 0.6 is 0 Å². The first-order valence-electron chi connectivity index (χ1n) is 5.07. The number of nitrogens with zero attached hydrogens (tertiary/aromatic N) is 2. The monoisotopic (exact) mass is 228 g/mol. The van der Waals surface area contributed by atoms with Gasteiger partial charge in [-0.15, -0.1) is 0 Å². The number of pyridine rings is 2. The number of carboxylic acids is 1. The normalized spacial score (nSPS) is 13.8. The predicted octanol–water partition coefficient (Wildman–Crippen LogP) is 1.49. The third-order valence-electron chi connectivity index (χ3n) is 2.66. The van der Waals surface area contributed by atoms with Crippen LogP contribution in [-0.4, -0.2) is 27.7 Å². The standard InChI is InChI=1S/C12H8N2O3/c15-12(16)7-2-4-17-10-6-14-9-1-3-13-5-8(9)11(7)10/h1-3,5-6H,4H2,(H,15,16). The van der Waals surface area contributed by atoms with E-state index in [1.807, 2.05) is 0 Å². The molecule has 17 heavy (non-hydrogen) atoms. The molecular weight excluding hydrogens is 220 g/mol. The number of carboxylic acid groups (broad SMARTS) is 1. The van der Waals surface area contributed by atoms with Crippen LogP contribution in [0.15, 0.2) is 30.7 Å². The first-order valence-corrected chi connectivity index (χ1v) is 5.07. The molecule has 0 radical (unpaired) electrons. The van der Waals surface area contributed by atoms with Gasteiger partial charge in [0, 0.05) is 23.3 Å². The molecule has 1 aliphatic rings. The zero-order valence-corrected chi connectivity index (χ0v) is 8.75. The lowest BCUT2D eigenvalue weighted by Gasteiger charge is -2.17. The van der Waals surface area contributed by atoms with Crippen LogP contribution in [0.2, 0.25) is 0 Å². The maximum atomic E-state index is 11.2. The van der Waals surface area contributed by atoms with Gasteiger partial charge in [0.25, 0.3) is 0 Å². The molecule has 2 aromatic rings. The van der Waals surface area contributed by atoms with Crippen molar-refractivity contribution in [1.29, 1.82) is 0 Å². The van der Waals surface area contributed by atoms with Crippen LogP contribution in [0.3, 0.4) is 0 Å². The average Bonchev–Trinajstić information content (AvgIpc) is 2.37. The summed E-state index contributed by atoms with van der Waals surface area (Å²) >= 11 is 0. The molecule has 84 valence electrons. The molecule has 0 atom stereocenters. The van der Waals surface area contributed by atoms with Gasteiger partial charge in [0.1, 0.15) is 12.4 Å². The van der Waals surface area contributed by atoms with Crippen molar-refractivity contribution >= 4 is 22.4 Å². The highest BCUT2D eigenvalue weighted by Gasteiger charge is 2.22. The van der Waals surface area contributed by atoms with Crippen molar-refractivity contribution in [2.75, 3.05) is 6.61 Å². The summed E-state index contributed by atoms with van der Waals surface area (Å²) in [4.78, 5) is 19.4. The number of aromatic nitrogens is 2. The molecule has 5 nitrogen and oxygen atoms in total. The lowest BCUT2D eigenvalue weighted by atomic mass is 10.00. The Kier molecular flexibility index (Phi) is 2.04. The Balaban J connectivity index is 2.38. The van der Waals surface area contributed by atoms with Crippen molar-refractivity contribution in [1.82, 2.24) is 9.97 Å². The van der Waals surface area contributed by atoms with E-state index in [2.05, 4.69) is 9.97 Å². The second-order valence-corrected chi connectivity index (χ2v) is 3.62. The molecular formula is C12H8N2O3. The smallest absolute Gasteiger partial charge is 0.336 e. The van der Waals surface area contributed by atoms with Gasteiger partial charge >= 0.3 is 5.97 Å². The molecule has 0 saturated heterocycles. The van der Waals surface area contributed by atoms with Gasteiger partial charge in [0.05, 0.1) is 17.3 Å². The average molecular weight is 228 g/mol. The molecule has 5 heteroatoms. The van der Waals surface area contributed by atoms with Crippen LogP contribution in [0.4, 0.5) is 0 Å². The van der Waals surface area contributed by atoms with Gasteiger partial charge in [-0.1, -0.05) is 0 Å². The molecule has 0 amide bonds. The van der Waals surface area contributed by atoms with Gasteiger partial charge in [-0.05, 0) is 12.1 Å². The Labute approximate surface area is 96.4 Å². The van der Waals surface area contributed by atoms with Gasteiger partial charge in [-0.25, -0.2) is 4.79 Å². The Morgan fingerprint density at radius 2 is 2.29 bits per heavy atom. The largest absolute Gasteiger partial charge is 0.487 e. The third-order valence-corrected chi connectivity index (χ3v) is 2.66. The summed E-state index contributed by atoms with van der Waals surface area (Å²) in [5, 5.41) is 9.87. The highest BCUT2D eigenvalue weighted by molar-refractivity contribution is 6.20. The number of fused-ring (bicyclic) bond motifs is 3. The first-order chi connectivity index (χ1) is 8.27. The number of carbonyl (C=O) groups is 1. The molecule has 0 unspecified atom stereocenters. The summed E-state index contributed by atoms with van der Waals surface area (Å²) in [6.45, 7) is 0.252. The SMILES string of the molecule is O=C(O)C1=CCOc2cnc3ccncc3c21. The lowest BCUT2D eigenvalue weighted by Crippen LogP contribution is -2.11. The number of hydrogen-bond acceptors (Lipinski definition) is 4. The molecule has 0 spiro atoms. The number of ether oxygens (including phenoxy) is 1. The van der Waals surface area contributed by atoms with Crippen molar-refractivity contribution in [2.24, 2.45) is 0 Å². The van der Waals surface area contributed by atoms with E-state index in [9.17, 15) is 9.90 Å². The Morgan fingerprint density at radius 3 is 3.12 bits per heavy atom. The van der Waals surface area contributed by atoms with E-state index >= 15 is 0 Å². The van der Waals surface area contributed by atoms with Gasteiger partial charge in [-0.3, -0.25) is 9.97 Å². The van der Waals surface area contributed by atoms with Crippen LogP contribution in [0, 0.1) is 0 Å². The summed E-state index contributed by atoms with van der Waals surface area (Å²) in [5.74, 6) is -0.476. The van der Waals surface area contributed by atoms with E-state index < -0.39 is 5.97 Å².